The number of hydrogen-bond acceptors (Lipinski definition) is 5. The summed E-state index contributed by atoms with van der Waals surface area (Å²) in [7, 11) is -4.56. The maximum absolute atomic E-state index is 12.0. The van der Waals surface area contributed by atoms with Gasteiger partial charge >= 0.3 is 7.60 Å². The van der Waals surface area contributed by atoms with Crippen LogP contribution in [0.4, 0.5) is 0 Å². The van der Waals surface area contributed by atoms with Gasteiger partial charge in [-0.2, -0.15) is 0 Å². The standard InChI is InChI=1S/C14H16N3O5P/c18-14(11-5-2-1-3-6-11)17(19)10-16-13(23(20,21)22)12-7-4-8-15-9-12/h1-9,13,16,19H,10H2,(H2,20,21,22). The van der Waals surface area contributed by atoms with Gasteiger partial charge in [0, 0.05) is 18.0 Å². The lowest BCUT2D eigenvalue weighted by atomic mass is 10.2. The van der Waals surface area contributed by atoms with E-state index in [1.54, 1.807) is 18.2 Å². The summed E-state index contributed by atoms with van der Waals surface area (Å²) in [5, 5.41) is 12.6. The van der Waals surface area contributed by atoms with E-state index in [0.29, 0.717) is 5.06 Å². The van der Waals surface area contributed by atoms with Crippen LogP contribution in [0, 0.1) is 0 Å². The topological polar surface area (TPSA) is 123 Å². The summed E-state index contributed by atoms with van der Waals surface area (Å²) in [5.41, 5.74) is 0.507. The number of hydrogen-bond donors (Lipinski definition) is 4. The molecule has 0 bridgehead atoms. The van der Waals surface area contributed by atoms with Crippen molar-refractivity contribution in [1.82, 2.24) is 15.4 Å². The van der Waals surface area contributed by atoms with E-state index in [1.165, 1.54) is 36.7 Å². The molecule has 2 aromatic rings. The average molecular weight is 337 g/mol. The fourth-order valence-corrected chi connectivity index (χ4v) is 2.80. The summed E-state index contributed by atoms with van der Waals surface area (Å²) >= 11 is 0. The summed E-state index contributed by atoms with van der Waals surface area (Å²) in [4.78, 5) is 34.6. The summed E-state index contributed by atoms with van der Waals surface area (Å²) in [5.74, 6) is -2.07. The molecule has 8 nitrogen and oxygen atoms in total. The van der Waals surface area contributed by atoms with Crippen LogP contribution in [0.15, 0.2) is 54.9 Å². The Kier molecular flexibility index (Phi) is 5.59. The third kappa shape index (κ3) is 4.69. The molecule has 0 aliphatic heterocycles. The van der Waals surface area contributed by atoms with Gasteiger partial charge in [0.2, 0.25) is 0 Å². The maximum atomic E-state index is 12.0. The Morgan fingerprint density at radius 3 is 2.48 bits per heavy atom. The van der Waals surface area contributed by atoms with Gasteiger partial charge in [0.15, 0.2) is 0 Å². The fraction of sp³-hybridized carbons (Fsp3) is 0.143. The first kappa shape index (κ1) is 17.3. The van der Waals surface area contributed by atoms with Crippen molar-refractivity contribution in [3.8, 4) is 0 Å². The molecular weight excluding hydrogens is 321 g/mol. The predicted octanol–water partition coefficient (Wildman–Crippen LogP) is 1.34. The van der Waals surface area contributed by atoms with E-state index < -0.39 is 26.0 Å². The van der Waals surface area contributed by atoms with Crippen LogP contribution in [0.2, 0.25) is 0 Å². The number of nitrogens with zero attached hydrogens (tertiary/aromatic N) is 2. The smallest absolute Gasteiger partial charge is 0.323 e. The van der Waals surface area contributed by atoms with Crippen molar-refractivity contribution < 1.29 is 24.4 Å². The zero-order valence-electron chi connectivity index (χ0n) is 12.0. The molecule has 0 fully saturated rings. The van der Waals surface area contributed by atoms with E-state index in [-0.39, 0.29) is 11.1 Å². The van der Waals surface area contributed by atoms with E-state index in [0.717, 1.165) is 0 Å². The molecule has 0 saturated carbocycles. The molecule has 1 unspecified atom stereocenters. The first-order valence-corrected chi connectivity index (χ1v) is 8.32. The monoisotopic (exact) mass is 337 g/mol. The summed E-state index contributed by atoms with van der Waals surface area (Å²) in [6.45, 7) is -0.460. The molecule has 0 spiro atoms. The van der Waals surface area contributed by atoms with Gasteiger partial charge in [-0.15, -0.1) is 0 Å². The Labute approximate surface area is 132 Å². The molecule has 1 aromatic heterocycles. The highest BCUT2D eigenvalue weighted by Gasteiger charge is 2.31. The number of nitrogens with one attached hydrogen (secondary N) is 1. The third-order valence-electron chi connectivity index (χ3n) is 3.03. The molecule has 23 heavy (non-hydrogen) atoms. The van der Waals surface area contributed by atoms with E-state index >= 15 is 0 Å². The van der Waals surface area contributed by atoms with Crippen LogP contribution in [-0.2, 0) is 4.57 Å². The Morgan fingerprint density at radius 1 is 1.22 bits per heavy atom. The SMILES string of the molecule is O=C(c1ccccc1)N(O)CNC(c1cccnc1)P(=O)(O)O. The van der Waals surface area contributed by atoms with Crippen molar-refractivity contribution in [2.75, 3.05) is 6.67 Å². The first-order valence-electron chi connectivity index (χ1n) is 6.64. The maximum Gasteiger partial charge on any atom is 0.346 e. The van der Waals surface area contributed by atoms with Gasteiger partial charge in [-0.25, -0.2) is 5.06 Å². The molecule has 0 aliphatic rings. The number of pyridine rings is 1. The van der Waals surface area contributed by atoms with Crippen molar-refractivity contribution in [3.63, 3.8) is 0 Å². The minimum atomic E-state index is -4.56. The van der Waals surface area contributed by atoms with E-state index in [4.69, 9.17) is 0 Å². The zero-order chi connectivity index (χ0) is 16.9. The van der Waals surface area contributed by atoms with Crippen LogP contribution < -0.4 is 5.32 Å². The third-order valence-corrected chi connectivity index (χ3v) is 4.18. The summed E-state index contributed by atoms with van der Waals surface area (Å²) in [6, 6.07) is 11.1. The summed E-state index contributed by atoms with van der Waals surface area (Å²) in [6.07, 6.45) is 2.77. The lowest BCUT2D eigenvalue weighted by Gasteiger charge is -2.23. The number of benzene rings is 1. The molecule has 122 valence electrons. The minimum absolute atomic E-state index is 0.251. The minimum Gasteiger partial charge on any atom is -0.323 e. The number of amides is 1. The second-order valence-corrected chi connectivity index (χ2v) is 6.41. The van der Waals surface area contributed by atoms with Gasteiger partial charge in [0.1, 0.15) is 5.78 Å². The molecule has 1 atom stereocenters. The number of carbonyl (C=O) groups excluding carboxylic acids is 1. The second-order valence-electron chi connectivity index (χ2n) is 4.71. The van der Waals surface area contributed by atoms with Gasteiger partial charge in [0.25, 0.3) is 5.91 Å². The number of aromatic nitrogens is 1. The second kappa shape index (κ2) is 7.45. The Morgan fingerprint density at radius 2 is 1.91 bits per heavy atom. The Hall–Kier alpha value is -2.09. The highest BCUT2D eigenvalue weighted by molar-refractivity contribution is 7.52. The van der Waals surface area contributed by atoms with Gasteiger partial charge in [-0.1, -0.05) is 24.3 Å². The van der Waals surface area contributed by atoms with E-state index in [2.05, 4.69) is 10.3 Å². The molecule has 0 saturated heterocycles. The van der Waals surface area contributed by atoms with Gasteiger partial charge in [-0.05, 0) is 23.8 Å². The van der Waals surface area contributed by atoms with Crippen molar-refractivity contribution in [1.29, 1.82) is 0 Å². The molecule has 9 heteroatoms. The van der Waals surface area contributed by atoms with Crippen molar-refractivity contribution in [3.05, 3.63) is 66.0 Å². The number of rotatable bonds is 6. The number of carbonyl (C=O) groups is 1. The average Bonchev–Trinajstić information content (AvgIpc) is 2.54. The normalized spacial score (nSPS) is 12.7. The highest BCUT2D eigenvalue weighted by atomic mass is 31.2. The van der Waals surface area contributed by atoms with Crippen molar-refractivity contribution in [2.45, 2.75) is 5.78 Å². The largest absolute Gasteiger partial charge is 0.346 e. The van der Waals surface area contributed by atoms with Crippen molar-refractivity contribution in [2.24, 2.45) is 0 Å². The number of hydroxylamine groups is 2. The van der Waals surface area contributed by atoms with Crippen LogP contribution in [-0.4, -0.2) is 37.6 Å². The van der Waals surface area contributed by atoms with Gasteiger partial charge in [0.05, 0.1) is 6.67 Å². The van der Waals surface area contributed by atoms with Crippen LogP contribution in [0.1, 0.15) is 21.7 Å². The zero-order valence-corrected chi connectivity index (χ0v) is 12.9. The molecule has 4 N–H and O–H groups in total. The summed E-state index contributed by atoms with van der Waals surface area (Å²) < 4.78 is 11.6. The Balaban J connectivity index is 2.07. The lowest BCUT2D eigenvalue weighted by Crippen LogP contribution is -2.38. The molecule has 1 amide bonds. The quantitative estimate of drug-likeness (QED) is 0.271. The highest BCUT2D eigenvalue weighted by Crippen LogP contribution is 2.49. The first-order chi connectivity index (χ1) is 10.9. The van der Waals surface area contributed by atoms with Crippen LogP contribution in [0.5, 0.6) is 0 Å². The van der Waals surface area contributed by atoms with Crippen LogP contribution in [0.25, 0.3) is 0 Å². The van der Waals surface area contributed by atoms with Gasteiger partial charge < -0.3 is 9.79 Å². The molecule has 1 heterocycles. The lowest BCUT2D eigenvalue weighted by molar-refractivity contribution is -0.0640. The van der Waals surface area contributed by atoms with Crippen LogP contribution in [0.3, 0.4) is 0 Å². The van der Waals surface area contributed by atoms with E-state index in [1.807, 2.05) is 0 Å². The molecule has 2 rings (SSSR count). The van der Waals surface area contributed by atoms with E-state index in [9.17, 15) is 24.4 Å². The molecular formula is C14H16N3O5P. The van der Waals surface area contributed by atoms with Gasteiger partial charge in [-0.3, -0.25) is 24.9 Å². The molecule has 1 aromatic carbocycles. The van der Waals surface area contributed by atoms with Crippen molar-refractivity contribution >= 4 is 13.5 Å². The molecule has 0 aliphatic carbocycles. The predicted molar refractivity (Wildman–Crippen MR) is 81.4 cm³/mol. The molecule has 0 radical (unpaired) electrons. The Bertz CT molecular complexity index is 692. The van der Waals surface area contributed by atoms with Crippen LogP contribution >= 0.6 is 7.60 Å². The fourth-order valence-electron chi connectivity index (χ4n) is 1.94.